The summed E-state index contributed by atoms with van der Waals surface area (Å²) in [6.07, 6.45) is 7.40. The fourth-order valence-corrected chi connectivity index (χ4v) is 2.28. The van der Waals surface area contributed by atoms with E-state index in [1.165, 1.54) is 18.4 Å². The molecule has 1 aliphatic rings. The number of phenolic OH excluding ortho intramolecular Hbond substituents is 1. The van der Waals surface area contributed by atoms with Crippen LogP contribution in [0.1, 0.15) is 5.56 Å². The highest BCUT2D eigenvalue weighted by Crippen LogP contribution is 2.19. The van der Waals surface area contributed by atoms with Crippen molar-refractivity contribution in [3.8, 4) is 5.75 Å². The molecule has 0 bridgehead atoms. The minimum absolute atomic E-state index is 0.0675. The van der Waals surface area contributed by atoms with Crippen LogP contribution in [0.3, 0.4) is 0 Å². The van der Waals surface area contributed by atoms with Crippen LogP contribution >= 0.6 is 0 Å². The fraction of sp³-hybridized carbons (Fsp3) is 0.133. The largest absolute Gasteiger partial charge is 0.508 e. The minimum atomic E-state index is -0.0675. The van der Waals surface area contributed by atoms with E-state index in [9.17, 15) is 9.90 Å². The van der Waals surface area contributed by atoms with Crippen molar-refractivity contribution in [2.24, 2.45) is 0 Å². The van der Waals surface area contributed by atoms with E-state index in [4.69, 9.17) is 4.42 Å². The normalized spacial score (nSPS) is 18.6. The third-order valence-electron chi connectivity index (χ3n) is 3.33. The van der Waals surface area contributed by atoms with Crippen molar-refractivity contribution < 1.29 is 14.4 Å². The predicted octanol–water partition coefficient (Wildman–Crippen LogP) is 0.924. The smallest absolute Gasteiger partial charge is 0.205 e. The van der Waals surface area contributed by atoms with Gasteiger partial charge in [0.2, 0.25) is 5.43 Å². The molecule has 2 heterocycles. The Balaban J connectivity index is 2.24. The third-order valence-corrected chi connectivity index (χ3v) is 3.33. The highest BCUT2D eigenvalue weighted by molar-refractivity contribution is 5.80. The van der Waals surface area contributed by atoms with E-state index >= 15 is 0 Å². The van der Waals surface area contributed by atoms with Crippen molar-refractivity contribution in [1.82, 2.24) is 0 Å². The lowest BCUT2D eigenvalue weighted by Crippen LogP contribution is -3.06. The summed E-state index contributed by atoms with van der Waals surface area (Å²) in [5.41, 5.74) is 1.83. The van der Waals surface area contributed by atoms with Gasteiger partial charge in [-0.05, 0) is 24.3 Å². The molecule has 0 aliphatic carbocycles. The van der Waals surface area contributed by atoms with Crippen LogP contribution in [-0.4, -0.2) is 18.7 Å². The minimum Gasteiger partial charge on any atom is -0.508 e. The van der Waals surface area contributed by atoms with Crippen LogP contribution in [-0.2, 0) is 0 Å². The van der Waals surface area contributed by atoms with Gasteiger partial charge in [0.25, 0.3) is 0 Å². The first-order valence-electron chi connectivity index (χ1n) is 6.11. The van der Waals surface area contributed by atoms with Crippen LogP contribution in [0.2, 0.25) is 0 Å². The SMILES string of the molecule is C[NH+]1CC=CC=C1c1coc2cc(O)ccc2c1=O. The maximum absolute atomic E-state index is 12.5. The lowest BCUT2D eigenvalue weighted by Gasteiger charge is -2.17. The zero-order chi connectivity index (χ0) is 13.4. The van der Waals surface area contributed by atoms with Crippen LogP contribution in [0.25, 0.3) is 16.7 Å². The first kappa shape index (κ1) is 11.7. The average molecular weight is 256 g/mol. The second kappa shape index (κ2) is 4.40. The molecule has 4 nitrogen and oxygen atoms in total. The van der Waals surface area contributed by atoms with Crippen molar-refractivity contribution in [3.05, 3.63) is 58.5 Å². The monoisotopic (exact) mass is 256 g/mol. The van der Waals surface area contributed by atoms with E-state index in [1.807, 2.05) is 19.2 Å². The first-order valence-corrected chi connectivity index (χ1v) is 6.11. The molecule has 1 aromatic heterocycles. The first-order chi connectivity index (χ1) is 9.16. The molecule has 3 rings (SSSR count). The topological polar surface area (TPSA) is 54.9 Å². The molecule has 19 heavy (non-hydrogen) atoms. The van der Waals surface area contributed by atoms with Crippen molar-refractivity contribution >= 4 is 16.7 Å². The van der Waals surface area contributed by atoms with E-state index in [0.717, 1.165) is 17.1 Å². The molecular weight excluding hydrogens is 242 g/mol. The van der Waals surface area contributed by atoms with Gasteiger partial charge in [-0.1, -0.05) is 6.08 Å². The van der Waals surface area contributed by atoms with Crippen LogP contribution in [0, 0.1) is 0 Å². The van der Waals surface area contributed by atoms with Gasteiger partial charge in [-0.3, -0.25) is 4.79 Å². The van der Waals surface area contributed by atoms with Gasteiger partial charge in [0, 0.05) is 6.07 Å². The standard InChI is InChI=1S/C15H13NO3/c1-16-7-3-2-4-13(16)12-9-19-14-8-10(17)5-6-11(14)15(12)18/h2-6,8-9,17H,7H2,1H3/p+1. The van der Waals surface area contributed by atoms with Crippen molar-refractivity contribution in [2.45, 2.75) is 0 Å². The van der Waals surface area contributed by atoms with Gasteiger partial charge in [0.1, 0.15) is 35.4 Å². The summed E-state index contributed by atoms with van der Waals surface area (Å²) in [5, 5.41) is 9.88. The quantitative estimate of drug-likeness (QED) is 0.798. The molecule has 0 radical (unpaired) electrons. The van der Waals surface area contributed by atoms with Crippen LogP contribution in [0.4, 0.5) is 0 Å². The highest BCUT2D eigenvalue weighted by atomic mass is 16.3. The molecule has 1 atom stereocenters. The number of phenols is 1. The molecule has 4 heteroatoms. The van der Waals surface area contributed by atoms with Crippen LogP contribution in [0.5, 0.6) is 5.75 Å². The third kappa shape index (κ3) is 1.96. The summed E-state index contributed by atoms with van der Waals surface area (Å²) in [7, 11) is 2.01. The Morgan fingerprint density at radius 3 is 3.00 bits per heavy atom. The number of quaternary nitrogens is 1. The fourth-order valence-electron chi connectivity index (χ4n) is 2.28. The Bertz CT molecular complexity index is 756. The maximum Gasteiger partial charge on any atom is 0.205 e. The molecule has 2 aromatic rings. The van der Waals surface area contributed by atoms with Gasteiger partial charge in [-0.2, -0.15) is 0 Å². The van der Waals surface area contributed by atoms with Gasteiger partial charge in [-0.15, -0.1) is 0 Å². The molecule has 0 fully saturated rings. The number of aromatic hydroxyl groups is 1. The number of fused-ring (bicyclic) bond motifs is 1. The Morgan fingerprint density at radius 1 is 1.37 bits per heavy atom. The predicted molar refractivity (Wildman–Crippen MR) is 73.0 cm³/mol. The zero-order valence-electron chi connectivity index (χ0n) is 10.5. The number of hydrogen-bond donors (Lipinski definition) is 2. The zero-order valence-corrected chi connectivity index (χ0v) is 10.5. The molecule has 96 valence electrons. The second-order valence-electron chi connectivity index (χ2n) is 4.65. The molecule has 1 aliphatic heterocycles. The Kier molecular flexibility index (Phi) is 2.72. The van der Waals surface area contributed by atoms with E-state index in [2.05, 4.69) is 6.08 Å². The van der Waals surface area contributed by atoms with E-state index in [0.29, 0.717) is 16.5 Å². The molecule has 2 N–H and O–H groups in total. The maximum atomic E-state index is 12.5. The molecule has 0 saturated heterocycles. The summed E-state index contributed by atoms with van der Waals surface area (Å²) >= 11 is 0. The molecule has 1 aromatic carbocycles. The van der Waals surface area contributed by atoms with Crippen LogP contribution in [0.15, 0.2) is 51.9 Å². The lowest BCUT2D eigenvalue weighted by molar-refractivity contribution is -0.796. The van der Waals surface area contributed by atoms with Crippen LogP contribution < -0.4 is 10.3 Å². The lowest BCUT2D eigenvalue weighted by atomic mass is 10.1. The van der Waals surface area contributed by atoms with Gasteiger partial charge in [0.15, 0.2) is 0 Å². The summed E-state index contributed by atoms with van der Waals surface area (Å²) in [5.74, 6) is 0.0889. The number of hydrogen-bond acceptors (Lipinski definition) is 3. The molecular formula is C15H14NO3+. The van der Waals surface area contributed by atoms with E-state index in [1.54, 1.807) is 6.07 Å². The Labute approximate surface area is 109 Å². The van der Waals surface area contributed by atoms with Crippen molar-refractivity contribution in [3.63, 3.8) is 0 Å². The molecule has 0 amide bonds. The molecule has 0 spiro atoms. The van der Waals surface area contributed by atoms with Gasteiger partial charge in [0.05, 0.1) is 12.4 Å². The molecule has 0 saturated carbocycles. The van der Waals surface area contributed by atoms with Crippen molar-refractivity contribution in [2.75, 3.05) is 13.6 Å². The average Bonchev–Trinajstić information content (AvgIpc) is 2.40. The number of allylic oxidation sites excluding steroid dienone is 2. The number of likely N-dealkylation sites (N-methyl/N-ethyl adjacent to an activating group) is 1. The Morgan fingerprint density at radius 2 is 2.21 bits per heavy atom. The van der Waals surface area contributed by atoms with Crippen molar-refractivity contribution in [1.29, 1.82) is 0 Å². The number of nitrogens with one attached hydrogen (secondary N) is 1. The van der Waals surface area contributed by atoms with E-state index in [-0.39, 0.29) is 11.2 Å². The summed E-state index contributed by atoms with van der Waals surface area (Å²) in [4.78, 5) is 13.6. The summed E-state index contributed by atoms with van der Waals surface area (Å²) < 4.78 is 5.47. The number of benzene rings is 1. The summed E-state index contributed by atoms with van der Waals surface area (Å²) in [6, 6.07) is 4.54. The van der Waals surface area contributed by atoms with Gasteiger partial charge >= 0.3 is 0 Å². The van der Waals surface area contributed by atoms with Gasteiger partial charge in [-0.25, -0.2) is 0 Å². The summed E-state index contributed by atoms with van der Waals surface area (Å²) in [6.45, 7) is 0.846. The highest BCUT2D eigenvalue weighted by Gasteiger charge is 2.19. The molecule has 1 unspecified atom stereocenters. The Hall–Kier alpha value is -2.33. The number of rotatable bonds is 1. The van der Waals surface area contributed by atoms with Gasteiger partial charge < -0.3 is 14.4 Å². The van der Waals surface area contributed by atoms with E-state index < -0.39 is 0 Å². The second-order valence-corrected chi connectivity index (χ2v) is 4.65.